The molecular formula is C12H12N2O2. The van der Waals surface area contributed by atoms with E-state index in [0.29, 0.717) is 5.56 Å². The molecule has 0 aliphatic rings. The van der Waals surface area contributed by atoms with Gasteiger partial charge in [-0.15, -0.1) is 0 Å². The molecule has 1 aromatic carbocycles. The first-order valence-electron chi connectivity index (χ1n) is 4.97. The normalized spacial score (nSPS) is 10.4. The monoisotopic (exact) mass is 216 g/mol. The summed E-state index contributed by atoms with van der Waals surface area (Å²) in [7, 11) is 0. The zero-order valence-electron chi connectivity index (χ0n) is 9.13. The minimum atomic E-state index is -0.488. The van der Waals surface area contributed by atoms with Crippen molar-refractivity contribution in [3.8, 4) is 11.1 Å². The molecule has 0 unspecified atom stereocenters. The quantitative estimate of drug-likeness (QED) is 0.755. The van der Waals surface area contributed by atoms with Crippen molar-refractivity contribution in [3.63, 3.8) is 0 Å². The van der Waals surface area contributed by atoms with Gasteiger partial charge in [-0.1, -0.05) is 29.3 Å². The third-order valence-electron chi connectivity index (χ3n) is 2.35. The fraction of sp³-hybridized carbons (Fsp3) is 0.167. The molecule has 0 bridgehead atoms. The van der Waals surface area contributed by atoms with Gasteiger partial charge in [0, 0.05) is 6.20 Å². The summed E-state index contributed by atoms with van der Waals surface area (Å²) in [6.07, 6.45) is 1.44. The van der Waals surface area contributed by atoms with E-state index in [-0.39, 0.29) is 5.56 Å². The summed E-state index contributed by atoms with van der Waals surface area (Å²) in [6.45, 7) is 3.94. The number of aromatic amines is 2. The van der Waals surface area contributed by atoms with E-state index >= 15 is 0 Å². The first-order valence-corrected chi connectivity index (χ1v) is 4.97. The summed E-state index contributed by atoms with van der Waals surface area (Å²) in [5.74, 6) is 0. The first-order chi connectivity index (χ1) is 7.56. The van der Waals surface area contributed by atoms with E-state index in [0.717, 1.165) is 16.7 Å². The second-order valence-corrected chi connectivity index (χ2v) is 3.86. The van der Waals surface area contributed by atoms with Gasteiger partial charge in [0.15, 0.2) is 0 Å². The Bertz CT molecular complexity index is 618. The number of rotatable bonds is 1. The van der Waals surface area contributed by atoms with Crippen LogP contribution >= 0.6 is 0 Å². The molecule has 0 aliphatic carbocycles. The maximum atomic E-state index is 11.6. The molecule has 0 aliphatic heterocycles. The summed E-state index contributed by atoms with van der Waals surface area (Å²) in [5.41, 5.74) is 2.61. The lowest BCUT2D eigenvalue weighted by atomic mass is 10.0. The second kappa shape index (κ2) is 3.81. The Morgan fingerprint density at radius 1 is 1.00 bits per heavy atom. The van der Waals surface area contributed by atoms with E-state index in [1.807, 2.05) is 32.0 Å². The highest BCUT2D eigenvalue weighted by molar-refractivity contribution is 5.63. The maximum Gasteiger partial charge on any atom is 0.325 e. The van der Waals surface area contributed by atoms with Crippen LogP contribution in [0.3, 0.4) is 0 Å². The number of aryl methyl sites for hydroxylation is 2. The van der Waals surface area contributed by atoms with Crippen LogP contribution in [-0.2, 0) is 0 Å². The third-order valence-corrected chi connectivity index (χ3v) is 2.35. The highest BCUT2D eigenvalue weighted by Gasteiger charge is 2.04. The standard InChI is InChI=1S/C12H12N2O2/c1-7-3-8(2)5-9(4-7)10-6-13-12(16)14-11(10)15/h3-6H,1-2H3,(H2,13,14,15,16). The first kappa shape index (κ1) is 10.4. The molecule has 82 valence electrons. The predicted octanol–water partition coefficient (Wildman–Crippen LogP) is 1.35. The molecule has 2 rings (SSSR count). The highest BCUT2D eigenvalue weighted by atomic mass is 16.2. The lowest BCUT2D eigenvalue weighted by Gasteiger charge is -2.03. The van der Waals surface area contributed by atoms with Crippen LogP contribution in [0, 0.1) is 13.8 Å². The Hall–Kier alpha value is -2.10. The van der Waals surface area contributed by atoms with Crippen LogP contribution in [0.2, 0.25) is 0 Å². The van der Waals surface area contributed by atoms with Gasteiger partial charge in [-0.05, 0) is 19.4 Å². The molecule has 0 saturated heterocycles. The van der Waals surface area contributed by atoms with Crippen LogP contribution in [0.1, 0.15) is 11.1 Å². The summed E-state index contributed by atoms with van der Waals surface area (Å²) in [5, 5.41) is 0. The average Bonchev–Trinajstić information content (AvgIpc) is 2.15. The highest BCUT2D eigenvalue weighted by Crippen LogP contribution is 2.17. The van der Waals surface area contributed by atoms with Gasteiger partial charge in [0.25, 0.3) is 5.56 Å². The van der Waals surface area contributed by atoms with Crippen molar-refractivity contribution in [3.05, 3.63) is 56.4 Å². The molecule has 0 amide bonds. The van der Waals surface area contributed by atoms with Crippen molar-refractivity contribution < 1.29 is 0 Å². The number of H-pyrrole nitrogens is 2. The van der Waals surface area contributed by atoms with Gasteiger partial charge in [-0.2, -0.15) is 0 Å². The van der Waals surface area contributed by atoms with Crippen LogP contribution in [0.25, 0.3) is 11.1 Å². The van der Waals surface area contributed by atoms with E-state index in [9.17, 15) is 9.59 Å². The van der Waals surface area contributed by atoms with Gasteiger partial charge in [-0.25, -0.2) is 4.79 Å². The molecule has 4 heteroatoms. The fourth-order valence-electron chi connectivity index (χ4n) is 1.75. The molecule has 2 N–H and O–H groups in total. The molecule has 1 heterocycles. The summed E-state index contributed by atoms with van der Waals surface area (Å²) in [4.78, 5) is 27.2. The second-order valence-electron chi connectivity index (χ2n) is 3.86. The molecule has 0 fully saturated rings. The molecule has 4 nitrogen and oxygen atoms in total. The van der Waals surface area contributed by atoms with Crippen molar-refractivity contribution in [2.75, 3.05) is 0 Å². The Labute approximate surface area is 92.0 Å². The van der Waals surface area contributed by atoms with Gasteiger partial charge in [0.2, 0.25) is 0 Å². The Morgan fingerprint density at radius 3 is 2.19 bits per heavy atom. The van der Waals surface area contributed by atoms with Crippen LogP contribution in [0.5, 0.6) is 0 Å². The van der Waals surface area contributed by atoms with E-state index in [4.69, 9.17) is 0 Å². The predicted molar refractivity (Wildman–Crippen MR) is 62.6 cm³/mol. The van der Waals surface area contributed by atoms with Crippen LogP contribution in [-0.4, -0.2) is 9.97 Å². The Morgan fingerprint density at radius 2 is 1.62 bits per heavy atom. The number of nitrogens with one attached hydrogen (secondary N) is 2. The fourth-order valence-corrected chi connectivity index (χ4v) is 1.75. The minimum absolute atomic E-state index is 0.367. The summed E-state index contributed by atoms with van der Waals surface area (Å²) < 4.78 is 0. The maximum absolute atomic E-state index is 11.6. The molecule has 0 atom stereocenters. The van der Waals surface area contributed by atoms with Crippen molar-refractivity contribution in [1.82, 2.24) is 9.97 Å². The topological polar surface area (TPSA) is 65.7 Å². The zero-order valence-corrected chi connectivity index (χ0v) is 9.13. The van der Waals surface area contributed by atoms with Gasteiger partial charge >= 0.3 is 5.69 Å². The summed E-state index contributed by atoms with van der Waals surface area (Å²) in [6, 6.07) is 5.86. The minimum Gasteiger partial charge on any atom is -0.313 e. The number of hydrogen-bond acceptors (Lipinski definition) is 2. The molecule has 0 radical (unpaired) electrons. The largest absolute Gasteiger partial charge is 0.325 e. The van der Waals surface area contributed by atoms with Gasteiger partial charge in [0.05, 0.1) is 5.56 Å². The molecule has 0 spiro atoms. The average molecular weight is 216 g/mol. The van der Waals surface area contributed by atoms with E-state index in [1.54, 1.807) is 0 Å². The lowest BCUT2D eigenvalue weighted by molar-refractivity contribution is 1.04. The van der Waals surface area contributed by atoms with Gasteiger partial charge < -0.3 is 4.98 Å². The van der Waals surface area contributed by atoms with E-state index < -0.39 is 5.69 Å². The van der Waals surface area contributed by atoms with Crippen LogP contribution in [0.4, 0.5) is 0 Å². The number of aromatic nitrogens is 2. The molecular weight excluding hydrogens is 204 g/mol. The number of hydrogen-bond donors (Lipinski definition) is 2. The Kier molecular flexibility index (Phi) is 2.48. The van der Waals surface area contributed by atoms with Crippen LogP contribution < -0.4 is 11.2 Å². The van der Waals surface area contributed by atoms with Crippen molar-refractivity contribution in [2.24, 2.45) is 0 Å². The summed E-state index contributed by atoms with van der Waals surface area (Å²) >= 11 is 0. The van der Waals surface area contributed by atoms with Crippen molar-refractivity contribution in [2.45, 2.75) is 13.8 Å². The van der Waals surface area contributed by atoms with E-state index in [2.05, 4.69) is 9.97 Å². The van der Waals surface area contributed by atoms with Gasteiger partial charge in [0.1, 0.15) is 0 Å². The lowest BCUT2D eigenvalue weighted by Crippen LogP contribution is -2.22. The third kappa shape index (κ3) is 1.95. The Balaban J connectivity index is 2.67. The van der Waals surface area contributed by atoms with Crippen molar-refractivity contribution >= 4 is 0 Å². The molecule has 1 aromatic heterocycles. The zero-order chi connectivity index (χ0) is 11.7. The molecule has 0 saturated carbocycles. The van der Waals surface area contributed by atoms with Crippen LogP contribution in [0.15, 0.2) is 34.0 Å². The van der Waals surface area contributed by atoms with Crippen molar-refractivity contribution in [1.29, 1.82) is 0 Å². The molecule has 2 aromatic rings. The van der Waals surface area contributed by atoms with Gasteiger partial charge in [-0.3, -0.25) is 9.78 Å². The number of benzene rings is 1. The van der Waals surface area contributed by atoms with E-state index in [1.165, 1.54) is 6.20 Å². The molecule has 16 heavy (non-hydrogen) atoms. The smallest absolute Gasteiger partial charge is 0.313 e. The SMILES string of the molecule is Cc1cc(C)cc(-c2c[nH]c(=O)[nH]c2=O)c1.